The third kappa shape index (κ3) is 4.12. The fraction of sp³-hybridized carbons (Fsp3) is 0.684. The summed E-state index contributed by atoms with van der Waals surface area (Å²) >= 11 is 6.10. The number of hydrogen-bond acceptors (Lipinski definition) is 4. The highest BCUT2D eigenvalue weighted by Gasteiger charge is 2.48. The van der Waals surface area contributed by atoms with Crippen molar-refractivity contribution in [2.24, 2.45) is 5.41 Å². The van der Waals surface area contributed by atoms with Crippen LogP contribution in [0.3, 0.4) is 0 Å². The second kappa shape index (κ2) is 7.30. The Labute approximate surface area is 150 Å². The van der Waals surface area contributed by atoms with Crippen LogP contribution in [0.5, 0.6) is 0 Å². The molecule has 2 heterocycles. The minimum Gasteiger partial charge on any atom is -0.388 e. The predicted molar refractivity (Wildman–Crippen MR) is 97.3 cm³/mol. The molecule has 2 fully saturated rings. The topological polar surface area (TPSA) is 35.9 Å². The molecule has 0 amide bonds. The number of ether oxygens (including phenoxy) is 1. The molecule has 0 radical (unpaired) electrons. The summed E-state index contributed by atoms with van der Waals surface area (Å²) in [6, 6.07) is 8.06. The minimum absolute atomic E-state index is 0.151. The number of β-amino-alcohol motifs (C(OH)–C–C–N with tert-alkyl or cyclic N) is 1. The Morgan fingerprint density at radius 1 is 1.17 bits per heavy atom. The minimum atomic E-state index is -0.644. The van der Waals surface area contributed by atoms with Gasteiger partial charge in [0, 0.05) is 49.7 Å². The van der Waals surface area contributed by atoms with Crippen LogP contribution < -0.4 is 0 Å². The molecule has 24 heavy (non-hydrogen) atoms. The van der Waals surface area contributed by atoms with E-state index >= 15 is 0 Å². The molecule has 2 aliphatic heterocycles. The van der Waals surface area contributed by atoms with E-state index in [0.717, 1.165) is 63.9 Å². The molecular weight excluding hydrogens is 324 g/mol. The Bertz CT molecular complexity index is 560. The van der Waals surface area contributed by atoms with Gasteiger partial charge < -0.3 is 9.84 Å². The van der Waals surface area contributed by atoms with E-state index in [-0.39, 0.29) is 5.41 Å². The van der Waals surface area contributed by atoms with E-state index in [1.54, 1.807) is 0 Å². The highest BCUT2D eigenvalue weighted by atomic mass is 35.5. The number of nitrogens with zero attached hydrogens (tertiary/aromatic N) is 2. The maximum absolute atomic E-state index is 11.3. The summed E-state index contributed by atoms with van der Waals surface area (Å²) < 4.78 is 5.42. The fourth-order valence-electron chi connectivity index (χ4n) is 3.92. The van der Waals surface area contributed by atoms with Gasteiger partial charge in [-0.15, -0.1) is 0 Å². The van der Waals surface area contributed by atoms with Crippen LogP contribution in [0.15, 0.2) is 24.3 Å². The van der Waals surface area contributed by atoms with Crippen LogP contribution in [0.25, 0.3) is 0 Å². The largest absolute Gasteiger partial charge is 0.388 e. The number of morpholine rings is 1. The van der Waals surface area contributed by atoms with Crippen molar-refractivity contribution in [3.8, 4) is 0 Å². The molecule has 1 aromatic rings. The third-order valence-electron chi connectivity index (χ3n) is 5.60. The number of benzene rings is 1. The van der Waals surface area contributed by atoms with E-state index in [2.05, 4.69) is 29.7 Å². The van der Waals surface area contributed by atoms with Gasteiger partial charge in [-0.2, -0.15) is 0 Å². The first-order valence-corrected chi connectivity index (χ1v) is 9.25. The van der Waals surface area contributed by atoms with Crippen LogP contribution in [0, 0.1) is 5.41 Å². The summed E-state index contributed by atoms with van der Waals surface area (Å²) in [5.74, 6) is 0. The summed E-state index contributed by atoms with van der Waals surface area (Å²) in [5, 5.41) is 12.1. The standard InChI is InChI=1S/C19H29ClN2O2/c1-18(2)14-22(13-16-4-3-5-17(20)12-16)7-6-19(18,23)15-21-8-10-24-11-9-21/h3-5,12,23H,6-11,13-15H2,1-2H3/t19-/m1/s1. The van der Waals surface area contributed by atoms with Gasteiger partial charge in [-0.3, -0.25) is 9.80 Å². The maximum atomic E-state index is 11.3. The molecule has 2 aliphatic rings. The monoisotopic (exact) mass is 352 g/mol. The van der Waals surface area contributed by atoms with Crippen LogP contribution in [0.2, 0.25) is 5.02 Å². The lowest BCUT2D eigenvalue weighted by atomic mass is 9.69. The first-order valence-electron chi connectivity index (χ1n) is 8.87. The van der Waals surface area contributed by atoms with Crippen LogP contribution >= 0.6 is 11.6 Å². The average molecular weight is 353 g/mol. The molecule has 1 N–H and O–H groups in total. The van der Waals surface area contributed by atoms with Gasteiger partial charge in [0.1, 0.15) is 0 Å². The van der Waals surface area contributed by atoms with Crippen LogP contribution in [0.1, 0.15) is 25.8 Å². The molecule has 0 unspecified atom stereocenters. The Morgan fingerprint density at radius 3 is 2.58 bits per heavy atom. The maximum Gasteiger partial charge on any atom is 0.0849 e. The van der Waals surface area contributed by atoms with Crippen molar-refractivity contribution in [3.05, 3.63) is 34.9 Å². The molecule has 3 rings (SSSR count). The number of hydrogen-bond donors (Lipinski definition) is 1. The summed E-state index contributed by atoms with van der Waals surface area (Å²) in [6.45, 7) is 11.2. The van der Waals surface area contributed by atoms with E-state index in [0.29, 0.717) is 0 Å². The van der Waals surface area contributed by atoms with Gasteiger partial charge in [-0.1, -0.05) is 37.6 Å². The van der Waals surface area contributed by atoms with Gasteiger partial charge in [-0.25, -0.2) is 0 Å². The number of halogens is 1. The second-order valence-corrected chi connectivity index (χ2v) is 8.33. The van der Waals surface area contributed by atoms with Crippen molar-refractivity contribution in [2.45, 2.75) is 32.4 Å². The Balaban J connectivity index is 1.63. The zero-order chi connectivity index (χ0) is 17.2. The lowest BCUT2D eigenvalue weighted by Gasteiger charge is -2.52. The van der Waals surface area contributed by atoms with E-state index < -0.39 is 5.60 Å². The molecule has 0 aliphatic carbocycles. The number of likely N-dealkylation sites (tertiary alicyclic amines) is 1. The summed E-state index contributed by atoms with van der Waals surface area (Å²) in [5.41, 5.74) is 0.439. The van der Waals surface area contributed by atoms with E-state index in [4.69, 9.17) is 16.3 Å². The SMILES string of the molecule is CC1(C)CN(Cc2cccc(Cl)c2)CC[C@@]1(O)CN1CCOCC1. The van der Waals surface area contributed by atoms with Crippen molar-refractivity contribution < 1.29 is 9.84 Å². The highest BCUT2D eigenvalue weighted by Crippen LogP contribution is 2.39. The number of piperidine rings is 1. The van der Waals surface area contributed by atoms with Gasteiger partial charge in [-0.05, 0) is 24.1 Å². The lowest BCUT2D eigenvalue weighted by molar-refractivity contribution is -0.140. The van der Waals surface area contributed by atoms with Crippen molar-refractivity contribution in [3.63, 3.8) is 0 Å². The smallest absolute Gasteiger partial charge is 0.0849 e. The van der Waals surface area contributed by atoms with Crippen molar-refractivity contribution >= 4 is 11.6 Å². The van der Waals surface area contributed by atoms with Crippen LogP contribution in [-0.4, -0.2) is 66.4 Å². The van der Waals surface area contributed by atoms with E-state index in [9.17, 15) is 5.11 Å². The zero-order valence-corrected chi connectivity index (χ0v) is 15.6. The Morgan fingerprint density at radius 2 is 1.92 bits per heavy atom. The van der Waals surface area contributed by atoms with Gasteiger partial charge in [0.2, 0.25) is 0 Å². The van der Waals surface area contributed by atoms with Crippen molar-refractivity contribution in [1.29, 1.82) is 0 Å². The molecule has 1 atom stereocenters. The van der Waals surface area contributed by atoms with E-state index in [1.165, 1.54) is 5.56 Å². The van der Waals surface area contributed by atoms with Gasteiger partial charge in [0.15, 0.2) is 0 Å². The normalized spacial score (nSPS) is 28.8. The molecule has 134 valence electrons. The lowest BCUT2D eigenvalue weighted by Crippen LogP contribution is -2.62. The van der Waals surface area contributed by atoms with Gasteiger partial charge in [0.05, 0.1) is 18.8 Å². The molecule has 2 saturated heterocycles. The molecule has 4 nitrogen and oxygen atoms in total. The summed E-state index contributed by atoms with van der Waals surface area (Å²) in [4.78, 5) is 4.78. The molecule has 5 heteroatoms. The molecule has 0 spiro atoms. The number of rotatable bonds is 4. The van der Waals surface area contributed by atoms with Crippen LogP contribution in [-0.2, 0) is 11.3 Å². The molecule has 0 aromatic heterocycles. The molecule has 0 bridgehead atoms. The van der Waals surface area contributed by atoms with Crippen molar-refractivity contribution in [1.82, 2.24) is 9.80 Å². The second-order valence-electron chi connectivity index (χ2n) is 7.89. The quantitative estimate of drug-likeness (QED) is 0.903. The molecule has 1 aromatic carbocycles. The average Bonchev–Trinajstić information content (AvgIpc) is 2.52. The third-order valence-corrected chi connectivity index (χ3v) is 5.84. The van der Waals surface area contributed by atoms with Crippen molar-refractivity contribution in [2.75, 3.05) is 45.9 Å². The first-order chi connectivity index (χ1) is 11.4. The predicted octanol–water partition coefficient (Wildman–Crippen LogP) is 2.64. The first kappa shape index (κ1) is 18.2. The Hall–Kier alpha value is -0.650. The zero-order valence-electron chi connectivity index (χ0n) is 14.8. The van der Waals surface area contributed by atoms with Gasteiger partial charge in [0.25, 0.3) is 0 Å². The fourth-order valence-corrected chi connectivity index (χ4v) is 4.13. The number of aliphatic hydroxyl groups is 1. The Kier molecular flexibility index (Phi) is 5.52. The van der Waals surface area contributed by atoms with E-state index in [1.807, 2.05) is 18.2 Å². The van der Waals surface area contributed by atoms with Gasteiger partial charge >= 0.3 is 0 Å². The summed E-state index contributed by atoms with van der Waals surface area (Å²) in [7, 11) is 0. The highest BCUT2D eigenvalue weighted by molar-refractivity contribution is 6.30. The van der Waals surface area contributed by atoms with Crippen LogP contribution in [0.4, 0.5) is 0 Å². The molecule has 0 saturated carbocycles. The molecular formula is C19H29ClN2O2. The summed E-state index contributed by atoms with van der Waals surface area (Å²) in [6.07, 6.45) is 0.803.